The van der Waals surface area contributed by atoms with Gasteiger partial charge in [0, 0.05) is 12.4 Å². The van der Waals surface area contributed by atoms with Crippen LogP contribution in [0.4, 0.5) is 0 Å². The van der Waals surface area contributed by atoms with Gasteiger partial charge in [0.15, 0.2) is 0 Å². The molecule has 0 saturated heterocycles. The Balaban J connectivity index is 2.11. The molecule has 0 saturated carbocycles. The van der Waals surface area contributed by atoms with Crippen molar-refractivity contribution in [2.24, 2.45) is 5.92 Å². The zero-order valence-corrected chi connectivity index (χ0v) is 10.4. The fourth-order valence-electron chi connectivity index (χ4n) is 1.74. The van der Waals surface area contributed by atoms with Crippen molar-refractivity contribution in [2.75, 3.05) is 26.7 Å². The fourth-order valence-corrected chi connectivity index (χ4v) is 1.74. The van der Waals surface area contributed by atoms with Crippen molar-refractivity contribution < 1.29 is 0 Å². The van der Waals surface area contributed by atoms with Gasteiger partial charge in [-0.15, -0.1) is 0 Å². The fraction of sp³-hybridized carbons (Fsp3) is 0.615. The predicted octanol–water partition coefficient (Wildman–Crippen LogP) is 1.46. The summed E-state index contributed by atoms with van der Waals surface area (Å²) in [5, 5.41) is 6.74. The Bertz CT molecular complexity index is 261. The van der Waals surface area contributed by atoms with Gasteiger partial charge in [-0.1, -0.05) is 13.3 Å². The molecule has 1 atom stereocenters. The van der Waals surface area contributed by atoms with Crippen molar-refractivity contribution in [3.05, 3.63) is 30.1 Å². The van der Waals surface area contributed by atoms with Gasteiger partial charge in [0.25, 0.3) is 0 Å². The molecule has 0 radical (unpaired) electrons. The SMILES string of the molecule is CCC(CNC)CNCCc1ccncc1. The van der Waals surface area contributed by atoms with E-state index in [0.29, 0.717) is 0 Å². The highest BCUT2D eigenvalue weighted by molar-refractivity contribution is 5.09. The minimum Gasteiger partial charge on any atom is -0.319 e. The Morgan fingerprint density at radius 1 is 1.25 bits per heavy atom. The second kappa shape index (κ2) is 8.25. The number of hydrogen-bond acceptors (Lipinski definition) is 3. The van der Waals surface area contributed by atoms with Gasteiger partial charge in [-0.3, -0.25) is 4.98 Å². The van der Waals surface area contributed by atoms with Gasteiger partial charge in [0.2, 0.25) is 0 Å². The van der Waals surface area contributed by atoms with E-state index >= 15 is 0 Å². The molecule has 16 heavy (non-hydrogen) atoms. The molecule has 1 aromatic rings. The van der Waals surface area contributed by atoms with E-state index in [2.05, 4.69) is 34.7 Å². The summed E-state index contributed by atoms with van der Waals surface area (Å²) in [6, 6.07) is 4.15. The number of rotatable bonds is 8. The normalized spacial score (nSPS) is 12.6. The standard InChI is InChI=1S/C13H23N3/c1-3-12(10-14-2)11-16-9-6-13-4-7-15-8-5-13/h4-5,7-8,12,14,16H,3,6,9-11H2,1-2H3. The number of aromatic nitrogens is 1. The second-order valence-corrected chi connectivity index (χ2v) is 4.14. The molecule has 3 heteroatoms. The van der Waals surface area contributed by atoms with E-state index in [0.717, 1.165) is 32.0 Å². The molecular formula is C13H23N3. The molecule has 1 heterocycles. The van der Waals surface area contributed by atoms with Crippen LogP contribution in [0.3, 0.4) is 0 Å². The smallest absolute Gasteiger partial charge is 0.0270 e. The summed E-state index contributed by atoms with van der Waals surface area (Å²) in [6.45, 7) is 5.48. The van der Waals surface area contributed by atoms with Gasteiger partial charge in [-0.25, -0.2) is 0 Å². The first-order chi connectivity index (χ1) is 7.86. The molecule has 3 nitrogen and oxygen atoms in total. The summed E-state index contributed by atoms with van der Waals surface area (Å²) < 4.78 is 0. The lowest BCUT2D eigenvalue weighted by Gasteiger charge is -2.14. The minimum absolute atomic E-state index is 0.738. The van der Waals surface area contributed by atoms with Crippen molar-refractivity contribution >= 4 is 0 Å². The van der Waals surface area contributed by atoms with Crippen molar-refractivity contribution in [1.29, 1.82) is 0 Å². The van der Waals surface area contributed by atoms with Crippen LogP contribution in [0, 0.1) is 5.92 Å². The van der Waals surface area contributed by atoms with Crippen LogP contribution in [0.1, 0.15) is 18.9 Å². The van der Waals surface area contributed by atoms with Crippen LogP contribution in [0.15, 0.2) is 24.5 Å². The molecule has 90 valence electrons. The molecule has 2 N–H and O–H groups in total. The maximum atomic E-state index is 4.01. The third-order valence-corrected chi connectivity index (χ3v) is 2.84. The second-order valence-electron chi connectivity index (χ2n) is 4.14. The topological polar surface area (TPSA) is 37.0 Å². The van der Waals surface area contributed by atoms with Crippen LogP contribution in [-0.4, -0.2) is 31.7 Å². The van der Waals surface area contributed by atoms with Crippen LogP contribution in [0.5, 0.6) is 0 Å². The van der Waals surface area contributed by atoms with Crippen LogP contribution >= 0.6 is 0 Å². The van der Waals surface area contributed by atoms with Gasteiger partial charge in [-0.2, -0.15) is 0 Å². The molecule has 1 aromatic heterocycles. The van der Waals surface area contributed by atoms with Crippen LogP contribution in [0.25, 0.3) is 0 Å². The van der Waals surface area contributed by atoms with Crippen LogP contribution < -0.4 is 10.6 Å². The lowest BCUT2D eigenvalue weighted by atomic mass is 10.1. The Kier molecular flexibility index (Phi) is 6.77. The van der Waals surface area contributed by atoms with E-state index in [4.69, 9.17) is 0 Å². The number of nitrogens with zero attached hydrogens (tertiary/aromatic N) is 1. The first-order valence-electron chi connectivity index (χ1n) is 6.11. The first-order valence-corrected chi connectivity index (χ1v) is 6.11. The molecule has 0 aliphatic heterocycles. The van der Waals surface area contributed by atoms with E-state index in [-0.39, 0.29) is 0 Å². The summed E-state index contributed by atoms with van der Waals surface area (Å²) in [7, 11) is 2.01. The molecule has 1 unspecified atom stereocenters. The van der Waals surface area contributed by atoms with E-state index < -0.39 is 0 Å². The van der Waals surface area contributed by atoms with Gasteiger partial charge >= 0.3 is 0 Å². The highest BCUT2D eigenvalue weighted by Crippen LogP contribution is 1.99. The van der Waals surface area contributed by atoms with Crippen molar-refractivity contribution in [2.45, 2.75) is 19.8 Å². The maximum absolute atomic E-state index is 4.01. The lowest BCUT2D eigenvalue weighted by Crippen LogP contribution is -2.30. The highest BCUT2D eigenvalue weighted by atomic mass is 14.9. The lowest BCUT2D eigenvalue weighted by molar-refractivity contribution is 0.447. The third kappa shape index (κ3) is 5.24. The molecule has 0 spiro atoms. The molecular weight excluding hydrogens is 198 g/mol. The van der Waals surface area contributed by atoms with Crippen molar-refractivity contribution in [3.8, 4) is 0 Å². The van der Waals surface area contributed by atoms with E-state index in [1.165, 1.54) is 12.0 Å². The summed E-state index contributed by atoms with van der Waals surface area (Å²) in [5.41, 5.74) is 1.35. The van der Waals surface area contributed by atoms with Crippen LogP contribution in [0.2, 0.25) is 0 Å². The molecule has 0 amide bonds. The molecule has 0 aromatic carbocycles. The van der Waals surface area contributed by atoms with Gasteiger partial charge in [0.1, 0.15) is 0 Å². The zero-order chi connectivity index (χ0) is 11.6. The molecule has 0 aliphatic carbocycles. The van der Waals surface area contributed by atoms with E-state index in [9.17, 15) is 0 Å². The van der Waals surface area contributed by atoms with E-state index in [1.807, 2.05) is 19.4 Å². The predicted molar refractivity (Wildman–Crippen MR) is 68.5 cm³/mol. The Morgan fingerprint density at radius 3 is 2.62 bits per heavy atom. The summed E-state index contributed by atoms with van der Waals surface area (Å²) in [6.07, 6.45) is 6.01. The molecule has 0 bridgehead atoms. The quantitative estimate of drug-likeness (QED) is 0.653. The third-order valence-electron chi connectivity index (χ3n) is 2.84. The average molecular weight is 221 g/mol. The Morgan fingerprint density at radius 2 is 2.00 bits per heavy atom. The minimum atomic E-state index is 0.738. The number of nitrogens with one attached hydrogen (secondary N) is 2. The summed E-state index contributed by atoms with van der Waals surface area (Å²) in [5.74, 6) is 0.738. The molecule has 0 aliphatic rings. The highest BCUT2D eigenvalue weighted by Gasteiger charge is 2.03. The monoisotopic (exact) mass is 221 g/mol. The average Bonchev–Trinajstić information content (AvgIpc) is 2.34. The van der Waals surface area contributed by atoms with Gasteiger partial charge < -0.3 is 10.6 Å². The van der Waals surface area contributed by atoms with Crippen molar-refractivity contribution in [3.63, 3.8) is 0 Å². The van der Waals surface area contributed by atoms with E-state index in [1.54, 1.807) is 0 Å². The van der Waals surface area contributed by atoms with Crippen LogP contribution in [-0.2, 0) is 6.42 Å². The summed E-state index contributed by atoms with van der Waals surface area (Å²) >= 11 is 0. The van der Waals surface area contributed by atoms with Gasteiger partial charge in [-0.05, 0) is 56.7 Å². The van der Waals surface area contributed by atoms with Crippen molar-refractivity contribution in [1.82, 2.24) is 15.6 Å². The Labute approximate surface area is 98.7 Å². The Hall–Kier alpha value is -0.930. The number of pyridine rings is 1. The first kappa shape index (κ1) is 13.1. The molecule has 1 rings (SSSR count). The maximum Gasteiger partial charge on any atom is 0.0270 e. The van der Waals surface area contributed by atoms with Gasteiger partial charge in [0.05, 0.1) is 0 Å². The number of hydrogen-bond donors (Lipinski definition) is 2. The zero-order valence-electron chi connectivity index (χ0n) is 10.4. The molecule has 0 fully saturated rings. The largest absolute Gasteiger partial charge is 0.319 e. The summed E-state index contributed by atoms with van der Waals surface area (Å²) in [4.78, 5) is 4.01.